The first-order chi connectivity index (χ1) is 10.0. The molecule has 2 N–H and O–H groups in total. The van der Waals surface area contributed by atoms with Gasteiger partial charge in [0, 0.05) is 18.7 Å². The lowest BCUT2D eigenvalue weighted by Gasteiger charge is -2.02. The topological polar surface area (TPSA) is 114 Å². The predicted octanol–water partition coefficient (Wildman–Crippen LogP) is 2.62. The van der Waals surface area contributed by atoms with Crippen LogP contribution in [-0.4, -0.2) is 20.8 Å². The minimum Gasteiger partial charge on any atom is -0.441 e. The van der Waals surface area contributed by atoms with Crippen LogP contribution in [0, 0.1) is 17.0 Å². The van der Waals surface area contributed by atoms with Gasteiger partial charge in [0.25, 0.3) is 11.6 Å². The van der Waals surface area contributed by atoms with E-state index in [4.69, 9.17) is 4.42 Å². The van der Waals surface area contributed by atoms with Gasteiger partial charge in [0.2, 0.25) is 0 Å². The number of aryl methyl sites for hydroxylation is 1. The van der Waals surface area contributed by atoms with E-state index in [0.29, 0.717) is 22.7 Å². The van der Waals surface area contributed by atoms with Crippen LogP contribution < -0.4 is 5.32 Å². The van der Waals surface area contributed by atoms with E-state index in [1.807, 2.05) is 0 Å². The van der Waals surface area contributed by atoms with E-state index < -0.39 is 10.8 Å². The number of aromatic nitrogens is 2. The lowest BCUT2D eigenvalue weighted by Crippen LogP contribution is -2.12. The summed E-state index contributed by atoms with van der Waals surface area (Å²) in [6.45, 7) is 1.73. The van der Waals surface area contributed by atoms with E-state index in [1.165, 1.54) is 12.3 Å². The molecule has 0 saturated carbocycles. The van der Waals surface area contributed by atoms with Gasteiger partial charge >= 0.3 is 0 Å². The number of benzene rings is 1. The fourth-order valence-corrected chi connectivity index (χ4v) is 1.94. The second kappa shape index (κ2) is 4.75. The molecule has 0 aliphatic carbocycles. The second-order valence-corrected chi connectivity index (χ2v) is 4.40. The summed E-state index contributed by atoms with van der Waals surface area (Å²) >= 11 is 0. The number of carbonyl (C=O) groups is 1. The molecule has 0 aliphatic heterocycles. The summed E-state index contributed by atoms with van der Waals surface area (Å²) in [6, 6.07) is 6.21. The average Bonchev–Trinajstić information content (AvgIpc) is 3.03. The molecule has 0 spiro atoms. The average molecular weight is 286 g/mol. The molecule has 1 aromatic carbocycles. The Morgan fingerprint density at radius 2 is 2.24 bits per heavy atom. The summed E-state index contributed by atoms with van der Waals surface area (Å²) in [7, 11) is 0. The van der Waals surface area contributed by atoms with Crippen LogP contribution in [0.4, 0.5) is 11.4 Å². The molecule has 0 atom stereocenters. The van der Waals surface area contributed by atoms with Crippen molar-refractivity contribution in [1.82, 2.24) is 9.97 Å². The summed E-state index contributed by atoms with van der Waals surface area (Å²) in [5.74, 6) is 0.0659. The molecule has 2 heterocycles. The van der Waals surface area contributed by atoms with Gasteiger partial charge in [-0.05, 0) is 18.2 Å². The number of fused-ring (bicyclic) bond motifs is 1. The zero-order valence-electron chi connectivity index (χ0n) is 10.9. The molecule has 0 unspecified atom stereocenters. The molecule has 3 rings (SSSR count). The van der Waals surface area contributed by atoms with Crippen LogP contribution >= 0.6 is 0 Å². The Bertz CT molecular complexity index is 849. The molecule has 8 nitrogen and oxygen atoms in total. The van der Waals surface area contributed by atoms with Crippen molar-refractivity contribution in [1.29, 1.82) is 0 Å². The van der Waals surface area contributed by atoms with Crippen LogP contribution in [0.25, 0.3) is 11.1 Å². The van der Waals surface area contributed by atoms with Crippen molar-refractivity contribution in [2.45, 2.75) is 6.92 Å². The summed E-state index contributed by atoms with van der Waals surface area (Å²) in [5.41, 5.74) is 1.72. The normalized spacial score (nSPS) is 10.7. The Balaban J connectivity index is 1.83. The number of oxazole rings is 1. The fraction of sp³-hybridized carbons (Fsp3) is 0.0769. The summed E-state index contributed by atoms with van der Waals surface area (Å²) in [5, 5.41) is 13.2. The summed E-state index contributed by atoms with van der Waals surface area (Å²) in [4.78, 5) is 28.7. The highest BCUT2D eigenvalue weighted by Crippen LogP contribution is 2.20. The Labute approximate surface area is 117 Å². The van der Waals surface area contributed by atoms with Gasteiger partial charge in [0.15, 0.2) is 11.5 Å². The van der Waals surface area contributed by atoms with Crippen molar-refractivity contribution in [3.05, 3.63) is 52.2 Å². The molecule has 8 heteroatoms. The number of amides is 1. The molecule has 1 amide bonds. The molecular weight excluding hydrogens is 276 g/mol. The van der Waals surface area contributed by atoms with E-state index in [1.54, 1.807) is 25.1 Å². The Hall–Kier alpha value is -3.16. The number of hydrogen-bond donors (Lipinski definition) is 2. The monoisotopic (exact) mass is 286 g/mol. The molecule has 0 aliphatic rings. The van der Waals surface area contributed by atoms with E-state index in [9.17, 15) is 14.9 Å². The van der Waals surface area contributed by atoms with Crippen molar-refractivity contribution >= 4 is 28.4 Å². The van der Waals surface area contributed by atoms with E-state index in [0.717, 1.165) is 0 Å². The van der Waals surface area contributed by atoms with Gasteiger partial charge in [-0.25, -0.2) is 4.98 Å². The van der Waals surface area contributed by atoms with E-state index in [2.05, 4.69) is 15.3 Å². The second-order valence-electron chi connectivity index (χ2n) is 4.40. The first kappa shape index (κ1) is 12.9. The standard InChI is InChI=1S/C13H10N4O4/c1-7-15-10-4-8(2-3-12(10)21-7)16-13(18)11-5-9(6-14-11)17(19)20/h2-6,14H,1H3,(H,16,18). The minimum atomic E-state index is -0.572. The van der Waals surface area contributed by atoms with Gasteiger partial charge in [-0.15, -0.1) is 0 Å². The van der Waals surface area contributed by atoms with Crippen molar-refractivity contribution in [3.63, 3.8) is 0 Å². The van der Waals surface area contributed by atoms with Gasteiger partial charge in [-0.2, -0.15) is 0 Å². The number of aromatic amines is 1. The van der Waals surface area contributed by atoms with Crippen LogP contribution in [0.2, 0.25) is 0 Å². The molecule has 2 aromatic heterocycles. The highest BCUT2D eigenvalue weighted by atomic mass is 16.6. The highest BCUT2D eigenvalue weighted by Gasteiger charge is 2.15. The molecular formula is C13H10N4O4. The largest absolute Gasteiger partial charge is 0.441 e. The number of anilines is 1. The number of rotatable bonds is 3. The summed E-state index contributed by atoms with van der Waals surface area (Å²) in [6.07, 6.45) is 1.17. The SMILES string of the molecule is Cc1nc2cc(NC(=O)c3cc([N+](=O)[O-])c[nH]3)ccc2o1. The maximum atomic E-state index is 12.0. The number of H-pyrrole nitrogens is 1. The van der Waals surface area contributed by atoms with Crippen LogP contribution in [0.3, 0.4) is 0 Å². The van der Waals surface area contributed by atoms with Gasteiger partial charge < -0.3 is 14.7 Å². The van der Waals surface area contributed by atoms with Gasteiger partial charge in [0.1, 0.15) is 11.2 Å². The molecule has 0 fully saturated rings. The molecule has 106 valence electrons. The number of nitrogens with one attached hydrogen (secondary N) is 2. The van der Waals surface area contributed by atoms with Crippen molar-refractivity contribution < 1.29 is 14.1 Å². The first-order valence-electron chi connectivity index (χ1n) is 6.04. The van der Waals surface area contributed by atoms with Crippen LogP contribution in [0.1, 0.15) is 16.4 Å². The minimum absolute atomic E-state index is 0.109. The lowest BCUT2D eigenvalue weighted by molar-refractivity contribution is -0.384. The maximum Gasteiger partial charge on any atom is 0.287 e. The highest BCUT2D eigenvalue weighted by molar-refractivity contribution is 6.04. The Kier molecular flexibility index (Phi) is 2.90. The zero-order valence-corrected chi connectivity index (χ0v) is 10.9. The van der Waals surface area contributed by atoms with Gasteiger partial charge in [-0.3, -0.25) is 14.9 Å². The van der Waals surface area contributed by atoms with E-state index >= 15 is 0 Å². The number of nitrogens with zero attached hydrogens (tertiary/aromatic N) is 2. The fourth-order valence-electron chi connectivity index (χ4n) is 1.94. The third kappa shape index (κ3) is 2.46. The zero-order chi connectivity index (χ0) is 15.0. The number of nitro groups is 1. The van der Waals surface area contributed by atoms with Gasteiger partial charge in [-0.1, -0.05) is 0 Å². The molecule has 21 heavy (non-hydrogen) atoms. The first-order valence-corrected chi connectivity index (χ1v) is 6.04. The molecule has 0 bridgehead atoms. The van der Waals surface area contributed by atoms with Crippen molar-refractivity contribution in [2.24, 2.45) is 0 Å². The third-order valence-electron chi connectivity index (χ3n) is 2.88. The molecule has 0 radical (unpaired) electrons. The Morgan fingerprint density at radius 3 is 2.95 bits per heavy atom. The number of carbonyl (C=O) groups excluding carboxylic acids is 1. The maximum absolute atomic E-state index is 12.0. The van der Waals surface area contributed by atoms with Crippen LogP contribution in [0.15, 0.2) is 34.9 Å². The number of hydrogen-bond acceptors (Lipinski definition) is 5. The lowest BCUT2D eigenvalue weighted by atomic mass is 10.2. The summed E-state index contributed by atoms with van der Waals surface area (Å²) < 4.78 is 5.34. The smallest absolute Gasteiger partial charge is 0.287 e. The van der Waals surface area contributed by atoms with Crippen LogP contribution in [0.5, 0.6) is 0 Å². The Morgan fingerprint density at radius 1 is 1.43 bits per heavy atom. The molecule has 0 saturated heterocycles. The predicted molar refractivity (Wildman–Crippen MR) is 74.1 cm³/mol. The van der Waals surface area contributed by atoms with Crippen molar-refractivity contribution in [3.8, 4) is 0 Å². The third-order valence-corrected chi connectivity index (χ3v) is 2.88. The van der Waals surface area contributed by atoms with E-state index in [-0.39, 0.29) is 11.4 Å². The van der Waals surface area contributed by atoms with Gasteiger partial charge in [0.05, 0.1) is 11.1 Å². The quantitative estimate of drug-likeness (QED) is 0.567. The van der Waals surface area contributed by atoms with Crippen LogP contribution in [-0.2, 0) is 0 Å². The van der Waals surface area contributed by atoms with Crippen molar-refractivity contribution in [2.75, 3.05) is 5.32 Å². The molecule has 3 aromatic rings.